The average Bonchev–Trinajstić information content (AvgIpc) is 2.38. The van der Waals surface area contributed by atoms with Crippen molar-refractivity contribution in [3.8, 4) is 5.75 Å². The highest BCUT2D eigenvalue weighted by Gasteiger charge is 2.20. The number of benzene rings is 1. The number of hydrogen-bond donors (Lipinski definition) is 1. The second-order valence-corrected chi connectivity index (χ2v) is 3.60. The molecule has 0 unspecified atom stereocenters. The Kier molecular flexibility index (Phi) is 5.59. The van der Waals surface area contributed by atoms with Gasteiger partial charge in [-0.1, -0.05) is 6.07 Å². The summed E-state index contributed by atoms with van der Waals surface area (Å²) >= 11 is 0. The molecule has 0 aliphatic heterocycles. The van der Waals surface area contributed by atoms with Gasteiger partial charge in [-0.3, -0.25) is 14.9 Å². The second kappa shape index (κ2) is 7.20. The quantitative estimate of drug-likeness (QED) is 0.462. The van der Waals surface area contributed by atoms with Crippen molar-refractivity contribution in [2.75, 3.05) is 25.6 Å². The van der Waals surface area contributed by atoms with Gasteiger partial charge in [0.25, 0.3) is 0 Å². The number of para-hydroxylation sites is 1. The molecule has 7 nitrogen and oxygen atoms in total. The second-order valence-electron chi connectivity index (χ2n) is 3.60. The first-order chi connectivity index (χ1) is 9.10. The van der Waals surface area contributed by atoms with E-state index in [1.54, 1.807) is 19.1 Å². The Morgan fingerprint density at radius 2 is 2.21 bits per heavy atom. The molecule has 1 N–H and O–H groups in total. The first-order valence-corrected chi connectivity index (χ1v) is 5.81. The van der Waals surface area contributed by atoms with Gasteiger partial charge in [0, 0.05) is 6.54 Å². The normalized spacial score (nSPS) is 9.79. The lowest BCUT2D eigenvalue weighted by atomic mass is 10.2. The molecule has 1 aromatic rings. The summed E-state index contributed by atoms with van der Waals surface area (Å²) in [6.07, 6.45) is 0.141. The van der Waals surface area contributed by atoms with Crippen LogP contribution < -0.4 is 10.1 Å². The largest absolute Gasteiger partial charge is 0.490 e. The predicted octanol–water partition coefficient (Wildman–Crippen LogP) is 1.97. The van der Waals surface area contributed by atoms with Gasteiger partial charge >= 0.3 is 11.7 Å². The summed E-state index contributed by atoms with van der Waals surface area (Å²) in [5, 5.41) is 13.8. The van der Waals surface area contributed by atoms with Crippen LogP contribution in [0.25, 0.3) is 0 Å². The van der Waals surface area contributed by atoms with Crippen LogP contribution in [-0.4, -0.2) is 31.2 Å². The van der Waals surface area contributed by atoms with Crippen molar-refractivity contribution < 1.29 is 19.2 Å². The van der Waals surface area contributed by atoms with E-state index in [0.29, 0.717) is 12.3 Å². The van der Waals surface area contributed by atoms with Crippen LogP contribution in [0, 0.1) is 10.1 Å². The topological polar surface area (TPSA) is 90.7 Å². The molecule has 0 spiro atoms. The van der Waals surface area contributed by atoms with Crippen LogP contribution in [0.2, 0.25) is 0 Å². The zero-order valence-corrected chi connectivity index (χ0v) is 10.8. The molecule has 0 atom stereocenters. The van der Waals surface area contributed by atoms with E-state index in [4.69, 9.17) is 9.47 Å². The number of methoxy groups -OCH3 is 1. The van der Waals surface area contributed by atoms with Crippen molar-refractivity contribution >= 4 is 17.3 Å². The Labute approximate surface area is 110 Å². The molecule has 19 heavy (non-hydrogen) atoms. The van der Waals surface area contributed by atoms with Crippen molar-refractivity contribution in [2.45, 2.75) is 13.3 Å². The van der Waals surface area contributed by atoms with Gasteiger partial charge in [-0.25, -0.2) is 0 Å². The average molecular weight is 268 g/mol. The molecular weight excluding hydrogens is 252 g/mol. The molecule has 0 saturated carbocycles. The maximum atomic E-state index is 11.2. The van der Waals surface area contributed by atoms with Gasteiger partial charge < -0.3 is 14.8 Å². The fraction of sp³-hybridized carbons (Fsp3) is 0.417. The molecular formula is C12H16N2O5. The molecule has 0 heterocycles. The van der Waals surface area contributed by atoms with Gasteiger partial charge in [-0.15, -0.1) is 0 Å². The Balaban J connectivity index is 2.73. The summed E-state index contributed by atoms with van der Waals surface area (Å²) in [6, 6.07) is 4.71. The molecule has 104 valence electrons. The summed E-state index contributed by atoms with van der Waals surface area (Å²) in [5.41, 5.74) is 0.169. The van der Waals surface area contributed by atoms with Gasteiger partial charge in [-0.05, 0) is 19.1 Å². The fourth-order valence-corrected chi connectivity index (χ4v) is 1.55. The number of nitro groups is 1. The van der Waals surface area contributed by atoms with E-state index < -0.39 is 4.92 Å². The van der Waals surface area contributed by atoms with E-state index in [9.17, 15) is 14.9 Å². The number of hydrogen-bond acceptors (Lipinski definition) is 6. The Morgan fingerprint density at radius 1 is 1.47 bits per heavy atom. The van der Waals surface area contributed by atoms with Gasteiger partial charge in [0.2, 0.25) is 0 Å². The number of esters is 1. The third kappa shape index (κ3) is 4.13. The summed E-state index contributed by atoms with van der Waals surface area (Å²) in [6.45, 7) is 2.29. The van der Waals surface area contributed by atoms with Crippen molar-refractivity contribution in [1.82, 2.24) is 0 Å². The van der Waals surface area contributed by atoms with Crippen LogP contribution in [0.1, 0.15) is 13.3 Å². The monoisotopic (exact) mass is 268 g/mol. The number of nitrogens with zero attached hydrogens (tertiary/aromatic N) is 1. The highest BCUT2D eigenvalue weighted by atomic mass is 16.6. The molecule has 0 saturated heterocycles. The zero-order valence-electron chi connectivity index (χ0n) is 10.8. The lowest BCUT2D eigenvalue weighted by Crippen LogP contribution is -2.12. The van der Waals surface area contributed by atoms with E-state index >= 15 is 0 Å². The Hall–Kier alpha value is -2.31. The number of rotatable bonds is 7. The molecule has 7 heteroatoms. The number of carbonyl (C=O) groups is 1. The first kappa shape index (κ1) is 14.7. The van der Waals surface area contributed by atoms with E-state index in [1.807, 2.05) is 0 Å². The zero-order chi connectivity index (χ0) is 14.3. The van der Waals surface area contributed by atoms with Crippen molar-refractivity contribution in [2.24, 2.45) is 0 Å². The summed E-state index contributed by atoms with van der Waals surface area (Å²) in [7, 11) is 1.37. The van der Waals surface area contributed by atoms with E-state index in [-0.39, 0.29) is 30.4 Å². The van der Waals surface area contributed by atoms with Crippen LogP contribution in [0.3, 0.4) is 0 Å². The van der Waals surface area contributed by atoms with Crippen molar-refractivity contribution in [3.63, 3.8) is 0 Å². The molecule has 0 bridgehead atoms. The van der Waals surface area contributed by atoms with E-state index in [2.05, 4.69) is 5.32 Å². The molecule has 0 aromatic heterocycles. The maximum absolute atomic E-state index is 11.2. The molecule has 0 fully saturated rings. The third-order valence-electron chi connectivity index (χ3n) is 2.35. The number of carbonyl (C=O) groups excluding carboxylic acids is 1. The minimum Gasteiger partial charge on any atom is -0.490 e. The van der Waals surface area contributed by atoms with Crippen molar-refractivity contribution in [3.05, 3.63) is 28.3 Å². The number of ether oxygens (including phenoxy) is 2. The molecule has 1 rings (SSSR count). The van der Waals surface area contributed by atoms with E-state index in [0.717, 1.165) is 0 Å². The summed E-state index contributed by atoms with van der Waals surface area (Å²) < 4.78 is 9.70. The molecule has 0 aliphatic rings. The number of anilines is 1. The molecule has 1 aromatic carbocycles. The number of nitro benzene ring substituents is 1. The summed E-state index contributed by atoms with van der Waals surface area (Å²) in [4.78, 5) is 21.6. The summed E-state index contributed by atoms with van der Waals surface area (Å²) in [5.74, 6) is -0.174. The minimum atomic E-state index is -0.522. The Bertz CT molecular complexity index is 461. The van der Waals surface area contributed by atoms with Crippen molar-refractivity contribution in [1.29, 1.82) is 0 Å². The highest BCUT2D eigenvalue weighted by Crippen LogP contribution is 2.34. The third-order valence-corrected chi connectivity index (χ3v) is 2.35. The maximum Gasteiger partial charge on any atom is 0.333 e. The predicted molar refractivity (Wildman–Crippen MR) is 69.4 cm³/mol. The van der Waals surface area contributed by atoms with Gasteiger partial charge in [0.15, 0.2) is 5.75 Å². The van der Waals surface area contributed by atoms with Gasteiger partial charge in [-0.2, -0.15) is 0 Å². The molecule has 0 amide bonds. The van der Waals surface area contributed by atoms with Gasteiger partial charge in [0.05, 0.1) is 25.1 Å². The molecule has 0 aliphatic carbocycles. The van der Waals surface area contributed by atoms with Crippen LogP contribution in [0.4, 0.5) is 11.4 Å². The number of nitrogens with one attached hydrogen (secondary N) is 1. The Morgan fingerprint density at radius 3 is 2.79 bits per heavy atom. The first-order valence-electron chi connectivity index (χ1n) is 5.81. The van der Waals surface area contributed by atoms with Crippen LogP contribution in [-0.2, 0) is 9.53 Å². The van der Waals surface area contributed by atoms with E-state index in [1.165, 1.54) is 13.2 Å². The SMILES string of the molecule is CCOC(=O)CCNc1cccc(OC)c1[N+](=O)[O-]. The lowest BCUT2D eigenvalue weighted by molar-refractivity contribution is -0.384. The van der Waals surface area contributed by atoms with Gasteiger partial charge in [0.1, 0.15) is 5.69 Å². The van der Waals surface area contributed by atoms with Crippen LogP contribution >= 0.6 is 0 Å². The van der Waals surface area contributed by atoms with Crippen LogP contribution in [0.5, 0.6) is 5.75 Å². The highest BCUT2D eigenvalue weighted by molar-refractivity contribution is 5.72. The fourth-order valence-electron chi connectivity index (χ4n) is 1.55. The minimum absolute atomic E-state index is 0.141. The molecule has 0 radical (unpaired) electrons. The lowest BCUT2D eigenvalue weighted by Gasteiger charge is -2.09. The smallest absolute Gasteiger partial charge is 0.333 e. The standard InChI is InChI=1S/C12H16N2O5/c1-3-19-11(15)7-8-13-9-5-4-6-10(18-2)12(9)14(16)17/h4-6,13H,3,7-8H2,1-2H3. The van der Waals surface area contributed by atoms with Crippen LogP contribution in [0.15, 0.2) is 18.2 Å².